The largest absolute Gasteiger partial charge is 0.438 e. The van der Waals surface area contributed by atoms with Gasteiger partial charge in [0, 0.05) is 44.4 Å². The number of nitrogens with zero attached hydrogens (tertiary/aromatic N) is 4. The number of aliphatic hydroxyl groups is 1. The first-order valence-corrected chi connectivity index (χ1v) is 10.3. The molecule has 0 bridgehead atoms. The van der Waals surface area contributed by atoms with Crippen LogP contribution in [0, 0.1) is 29.6 Å². The van der Waals surface area contributed by atoms with Crippen LogP contribution in [0.2, 0.25) is 0 Å². The van der Waals surface area contributed by atoms with Crippen LogP contribution in [0.1, 0.15) is 40.2 Å². The average Bonchev–Trinajstić information content (AvgIpc) is 3.36. The molecule has 2 aliphatic heterocycles. The molecule has 32 heavy (non-hydrogen) atoms. The number of aryl methyl sites for hydroxylation is 1. The molecule has 10 heteroatoms. The van der Waals surface area contributed by atoms with Crippen molar-refractivity contribution in [2.75, 3.05) is 37.7 Å². The molecule has 2 fully saturated rings. The SMILES string of the molecule is Cc1ncoc1C(=O)N1CCC2(CC1)CN(c1ccc(C#N)c(C(F)(F)F)c1)CC2CO. The number of alkyl halides is 3. The van der Waals surface area contributed by atoms with Crippen LogP contribution in [0.3, 0.4) is 0 Å². The number of carbonyl (C=O) groups is 1. The monoisotopic (exact) mass is 448 g/mol. The zero-order valence-corrected chi connectivity index (χ0v) is 17.5. The molecule has 2 aromatic rings. The maximum Gasteiger partial charge on any atom is 0.417 e. The van der Waals surface area contributed by atoms with Crippen molar-refractivity contribution < 1.29 is 27.5 Å². The lowest BCUT2D eigenvalue weighted by atomic mass is 9.71. The molecule has 1 atom stereocenters. The summed E-state index contributed by atoms with van der Waals surface area (Å²) in [4.78, 5) is 20.2. The fraction of sp³-hybridized carbons (Fsp3) is 0.500. The third-order valence-corrected chi connectivity index (χ3v) is 6.81. The third-order valence-electron chi connectivity index (χ3n) is 6.81. The van der Waals surface area contributed by atoms with Crippen LogP contribution in [-0.2, 0) is 6.18 Å². The van der Waals surface area contributed by atoms with E-state index >= 15 is 0 Å². The topological polar surface area (TPSA) is 93.6 Å². The highest BCUT2D eigenvalue weighted by Gasteiger charge is 2.49. The molecule has 7 nitrogen and oxygen atoms in total. The van der Waals surface area contributed by atoms with Gasteiger partial charge in [-0.2, -0.15) is 18.4 Å². The number of hydrogen-bond acceptors (Lipinski definition) is 6. The number of nitriles is 1. The molecule has 1 aromatic carbocycles. The smallest absolute Gasteiger partial charge is 0.417 e. The second kappa shape index (κ2) is 8.13. The maximum absolute atomic E-state index is 13.4. The molecular formula is C22H23F3N4O3. The first-order chi connectivity index (χ1) is 15.2. The van der Waals surface area contributed by atoms with Gasteiger partial charge in [-0.3, -0.25) is 4.79 Å². The van der Waals surface area contributed by atoms with Gasteiger partial charge < -0.3 is 19.3 Å². The van der Waals surface area contributed by atoms with Gasteiger partial charge in [-0.05, 0) is 43.4 Å². The van der Waals surface area contributed by atoms with Crippen LogP contribution in [0.25, 0.3) is 0 Å². The summed E-state index contributed by atoms with van der Waals surface area (Å²) in [6.07, 6.45) is -2.15. The van der Waals surface area contributed by atoms with Crippen LogP contribution >= 0.6 is 0 Å². The van der Waals surface area contributed by atoms with Crippen LogP contribution in [0.4, 0.5) is 18.9 Å². The Morgan fingerprint density at radius 3 is 2.66 bits per heavy atom. The van der Waals surface area contributed by atoms with Gasteiger partial charge in [-0.25, -0.2) is 4.98 Å². The maximum atomic E-state index is 13.4. The van der Waals surface area contributed by atoms with Crippen molar-refractivity contribution >= 4 is 11.6 Å². The highest BCUT2D eigenvalue weighted by molar-refractivity contribution is 5.92. The van der Waals surface area contributed by atoms with Crippen molar-refractivity contribution in [3.05, 3.63) is 47.2 Å². The standard InChI is InChI=1S/C22H23F3N4O3/c1-14-19(32-13-27-14)20(31)28-6-4-21(5-7-28)12-29(10-16(21)11-30)17-3-2-15(9-26)18(8-17)22(23,24)25/h2-3,8,13,16,30H,4-7,10-12H2,1H3. The molecule has 170 valence electrons. The molecule has 2 aliphatic rings. The minimum atomic E-state index is -4.63. The van der Waals surface area contributed by atoms with Gasteiger partial charge >= 0.3 is 6.18 Å². The molecule has 1 N–H and O–H groups in total. The Balaban J connectivity index is 1.52. The number of piperidine rings is 1. The number of likely N-dealkylation sites (tertiary alicyclic amines) is 1. The molecule has 0 saturated carbocycles. The highest BCUT2D eigenvalue weighted by atomic mass is 19.4. The first kappa shape index (κ1) is 22.1. The Kier molecular flexibility index (Phi) is 5.63. The van der Waals surface area contributed by atoms with Gasteiger partial charge in [0.2, 0.25) is 5.76 Å². The summed E-state index contributed by atoms with van der Waals surface area (Å²) in [5, 5.41) is 19.1. The number of rotatable bonds is 3. The van der Waals surface area contributed by atoms with Crippen molar-refractivity contribution in [1.29, 1.82) is 5.26 Å². The molecule has 3 heterocycles. The molecule has 1 amide bonds. The number of benzene rings is 1. The number of oxazole rings is 1. The van der Waals surface area contributed by atoms with E-state index in [0.29, 0.717) is 50.4 Å². The van der Waals surface area contributed by atoms with Gasteiger partial charge in [0.25, 0.3) is 5.91 Å². The van der Waals surface area contributed by atoms with E-state index in [1.807, 2.05) is 4.90 Å². The van der Waals surface area contributed by atoms with Crippen LogP contribution in [0.5, 0.6) is 0 Å². The van der Waals surface area contributed by atoms with Crippen LogP contribution < -0.4 is 4.90 Å². The number of aliphatic hydroxyl groups excluding tert-OH is 1. The summed E-state index contributed by atoms with van der Waals surface area (Å²) in [7, 11) is 0. The lowest BCUT2D eigenvalue weighted by Gasteiger charge is -2.42. The van der Waals surface area contributed by atoms with Crippen molar-refractivity contribution in [2.45, 2.75) is 25.9 Å². The van der Waals surface area contributed by atoms with Gasteiger partial charge in [-0.1, -0.05) is 0 Å². The summed E-state index contributed by atoms with van der Waals surface area (Å²) < 4.78 is 45.4. The molecule has 1 spiro atoms. The van der Waals surface area contributed by atoms with E-state index < -0.39 is 17.3 Å². The lowest BCUT2D eigenvalue weighted by Crippen LogP contribution is -2.47. The predicted octanol–water partition coefficient (Wildman–Crippen LogP) is 3.22. The van der Waals surface area contributed by atoms with E-state index in [0.717, 1.165) is 6.07 Å². The molecule has 1 unspecified atom stereocenters. The van der Waals surface area contributed by atoms with E-state index in [-0.39, 0.29) is 29.6 Å². The molecule has 4 rings (SSSR count). The minimum absolute atomic E-state index is 0.0892. The molecule has 2 saturated heterocycles. The molecule has 0 radical (unpaired) electrons. The number of hydrogen-bond donors (Lipinski definition) is 1. The Hall–Kier alpha value is -3.06. The normalized spacial score (nSPS) is 20.6. The Bertz CT molecular complexity index is 1050. The minimum Gasteiger partial charge on any atom is -0.438 e. The number of aromatic nitrogens is 1. The fourth-order valence-corrected chi connectivity index (χ4v) is 4.91. The zero-order valence-electron chi connectivity index (χ0n) is 17.5. The van der Waals surface area contributed by atoms with Gasteiger partial charge in [-0.15, -0.1) is 0 Å². The van der Waals surface area contributed by atoms with E-state index in [2.05, 4.69) is 4.98 Å². The lowest BCUT2D eigenvalue weighted by molar-refractivity contribution is -0.137. The average molecular weight is 448 g/mol. The number of carbonyl (C=O) groups excluding carboxylic acids is 1. The molecule has 1 aromatic heterocycles. The van der Waals surface area contributed by atoms with Crippen molar-refractivity contribution in [1.82, 2.24) is 9.88 Å². The molecular weight excluding hydrogens is 425 g/mol. The van der Waals surface area contributed by atoms with E-state index in [1.165, 1.54) is 18.5 Å². The first-order valence-electron chi connectivity index (χ1n) is 10.3. The number of anilines is 1. The van der Waals surface area contributed by atoms with Gasteiger partial charge in [0.05, 0.1) is 22.9 Å². The van der Waals surface area contributed by atoms with E-state index in [4.69, 9.17) is 9.68 Å². The quantitative estimate of drug-likeness (QED) is 0.775. The van der Waals surface area contributed by atoms with Crippen molar-refractivity contribution in [3.63, 3.8) is 0 Å². The second-order valence-corrected chi connectivity index (χ2v) is 8.52. The summed E-state index contributed by atoms with van der Waals surface area (Å²) in [6.45, 7) is 3.42. The second-order valence-electron chi connectivity index (χ2n) is 8.52. The van der Waals surface area contributed by atoms with E-state index in [1.54, 1.807) is 17.9 Å². The summed E-state index contributed by atoms with van der Waals surface area (Å²) in [6, 6.07) is 5.32. The van der Waals surface area contributed by atoms with Gasteiger partial charge in [0.15, 0.2) is 6.39 Å². The summed E-state index contributed by atoms with van der Waals surface area (Å²) in [5.74, 6) is -0.145. The van der Waals surface area contributed by atoms with Crippen LogP contribution in [0.15, 0.2) is 29.0 Å². The number of amides is 1. The predicted molar refractivity (Wildman–Crippen MR) is 108 cm³/mol. The fourth-order valence-electron chi connectivity index (χ4n) is 4.91. The Labute approximate surface area is 183 Å². The molecule has 0 aliphatic carbocycles. The highest BCUT2D eigenvalue weighted by Crippen LogP contribution is 2.46. The zero-order chi connectivity index (χ0) is 23.1. The summed E-state index contributed by atoms with van der Waals surface area (Å²) in [5.41, 5.74) is -0.779. The number of halogens is 3. The summed E-state index contributed by atoms with van der Waals surface area (Å²) >= 11 is 0. The Morgan fingerprint density at radius 2 is 2.09 bits per heavy atom. The third kappa shape index (κ3) is 3.81. The van der Waals surface area contributed by atoms with Crippen molar-refractivity contribution in [3.8, 4) is 6.07 Å². The van der Waals surface area contributed by atoms with Crippen molar-refractivity contribution in [2.24, 2.45) is 11.3 Å². The van der Waals surface area contributed by atoms with Crippen LogP contribution in [-0.4, -0.2) is 53.7 Å². The van der Waals surface area contributed by atoms with Gasteiger partial charge in [0.1, 0.15) is 0 Å². The Morgan fingerprint density at radius 1 is 1.38 bits per heavy atom. The van der Waals surface area contributed by atoms with E-state index in [9.17, 15) is 23.1 Å².